The predicted octanol–water partition coefficient (Wildman–Crippen LogP) is 2.20. The smallest absolute Gasteiger partial charge is 0.230 e. The summed E-state index contributed by atoms with van der Waals surface area (Å²) in [7, 11) is 0. The van der Waals surface area contributed by atoms with E-state index in [1.165, 1.54) is 12.0 Å². The molecule has 0 spiro atoms. The molecule has 3 nitrogen and oxygen atoms in total. The van der Waals surface area contributed by atoms with Crippen LogP contribution in [0.3, 0.4) is 0 Å². The zero-order chi connectivity index (χ0) is 12.3. The Bertz CT molecular complexity index is 515. The quantitative estimate of drug-likeness (QED) is 0.767. The molecule has 2 aliphatic carbocycles. The number of nitrogens with zero attached hydrogens (tertiary/aromatic N) is 1. The lowest BCUT2D eigenvalue weighted by Gasteiger charge is -2.22. The third kappa shape index (κ3) is 1.46. The number of amides is 1. The van der Waals surface area contributed by atoms with E-state index in [1.54, 1.807) is 0 Å². The molecule has 1 aromatic rings. The Morgan fingerprint density at radius 2 is 2.00 bits per heavy atom. The summed E-state index contributed by atoms with van der Waals surface area (Å²) in [5, 5.41) is 0. The maximum absolute atomic E-state index is 12.6. The molecule has 1 amide bonds. The topological polar surface area (TPSA) is 46.3 Å². The fourth-order valence-corrected chi connectivity index (χ4v) is 3.79. The molecule has 18 heavy (non-hydrogen) atoms. The van der Waals surface area contributed by atoms with Crippen molar-refractivity contribution >= 4 is 17.3 Å². The van der Waals surface area contributed by atoms with Gasteiger partial charge in [-0.15, -0.1) is 0 Å². The van der Waals surface area contributed by atoms with E-state index >= 15 is 0 Å². The van der Waals surface area contributed by atoms with Crippen LogP contribution >= 0.6 is 0 Å². The minimum atomic E-state index is 0.289. The number of rotatable bonds is 1. The van der Waals surface area contributed by atoms with Crippen LogP contribution in [0, 0.1) is 17.8 Å². The molecule has 0 saturated heterocycles. The standard InChI is InChI=1S/C15H18N2O/c16-13-1-2-14-9(8-13)3-4-17(14)15(18)12-6-10-5-11(10)7-12/h1-2,8,10-12H,3-7,16H2. The first-order valence-corrected chi connectivity index (χ1v) is 6.92. The largest absolute Gasteiger partial charge is 0.399 e. The molecule has 2 saturated carbocycles. The lowest BCUT2D eigenvalue weighted by Crippen LogP contribution is -2.34. The molecule has 1 heterocycles. The van der Waals surface area contributed by atoms with E-state index in [1.807, 2.05) is 23.1 Å². The average molecular weight is 242 g/mol. The van der Waals surface area contributed by atoms with Crippen molar-refractivity contribution in [3.8, 4) is 0 Å². The highest BCUT2D eigenvalue weighted by molar-refractivity contribution is 5.97. The molecule has 0 bridgehead atoms. The molecule has 3 aliphatic rings. The van der Waals surface area contributed by atoms with E-state index in [4.69, 9.17) is 5.73 Å². The second-order valence-electron chi connectivity index (χ2n) is 6.05. The van der Waals surface area contributed by atoms with Gasteiger partial charge in [-0.25, -0.2) is 0 Å². The number of carbonyl (C=O) groups is 1. The molecule has 0 radical (unpaired) electrons. The molecular formula is C15H18N2O. The Morgan fingerprint density at radius 1 is 1.22 bits per heavy atom. The first kappa shape index (κ1) is 10.4. The molecule has 2 N–H and O–H groups in total. The van der Waals surface area contributed by atoms with E-state index in [-0.39, 0.29) is 5.92 Å². The highest BCUT2D eigenvalue weighted by Gasteiger charge is 2.49. The highest BCUT2D eigenvalue weighted by atomic mass is 16.2. The van der Waals surface area contributed by atoms with E-state index in [9.17, 15) is 4.79 Å². The molecular weight excluding hydrogens is 224 g/mol. The number of nitrogen functional groups attached to an aromatic ring is 1. The average Bonchev–Trinajstić information content (AvgIpc) is 2.81. The van der Waals surface area contributed by atoms with Crippen LogP contribution in [0.2, 0.25) is 0 Å². The lowest BCUT2D eigenvalue weighted by molar-refractivity contribution is -0.122. The minimum Gasteiger partial charge on any atom is -0.399 e. The number of hydrogen-bond acceptors (Lipinski definition) is 2. The maximum Gasteiger partial charge on any atom is 0.230 e. The first-order chi connectivity index (χ1) is 8.72. The van der Waals surface area contributed by atoms with Gasteiger partial charge in [0.2, 0.25) is 5.91 Å². The van der Waals surface area contributed by atoms with Crippen LogP contribution in [0.15, 0.2) is 18.2 Å². The first-order valence-electron chi connectivity index (χ1n) is 6.92. The third-order valence-electron chi connectivity index (χ3n) is 4.86. The Kier molecular flexibility index (Phi) is 2.02. The Hall–Kier alpha value is -1.51. The Balaban J connectivity index is 1.58. The Labute approximate surface area is 107 Å². The zero-order valence-electron chi connectivity index (χ0n) is 10.4. The van der Waals surface area contributed by atoms with Gasteiger partial charge in [0.1, 0.15) is 0 Å². The molecule has 2 fully saturated rings. The monoisotopic (exact) mass is 242 g/mol. The molecule has 3 heteroatoms. The molecule has 94 valence electrons. The molecule has 0 aromatic heterocycles. The van der Waals surface area contributed by atoms with E-state index < -0.39 is 0 Å². The Morgan fingerprint density at radius 3 is 2.78 bits per heavy atom. The van der Waals surface area contributed by atoms with E-state index in [0.29, 0.717) is 5.91 Å². The van der Waals surface area contributed by atoms with Crippen molar-refractivity contribution < 1.29 is 4.79 Å². The third-order valence-corrected chi connectivity index (χ3v) is 4.86. The number of nitrogens with two attached hydrogens (primary N) is 1. The molecule has 4 rings (SSSR count). The van der Waals surface area contributed by atoms with Gasteiger partial charge in [-0.1, -0.05) is 0 Å². The SMILES string of the molecule is Nc1ccc2c(c1)CCN2C(=O)C1CC2CC2C1. The minimum absolute atomic E-state index is 0.289. The summed E-state index contributed by atoms with van der Waals surface area (Å²) in [4.78, 5) is 14.5. The molecule has 1 aromatic carbocycles. The van der Waals surface area contributed by atoms with Crippen molar-refractivity contribution in [3.05, 3.63) is 23.8 Å². The summed E-state index contributed by atoms with van der Waals surface area (Å²) >= 11 is 0. The van der Waals surface area contributed by atoms with Crippen LogP contribution in [0.25, 0.3) is 0 Å². The summed E-state index contributed by atoms with van der Waals surface area (Å²) in [6, 6.07) is 5.91. The molecule has 2 unspecified atom stereocenters. The summed E-state index contributed by atoms with van der Waals surface area (Å²) in [5.41, 5.74) is 8.91. The van der Waals surface area contributed by atoms with Crippen LogP contribution in [0.4, 0.5) is 11.4 Å². The van der Waals surface area contributed by atoms with Gasteiger partial charge >= 0.3 is 0 Å². The number of anilines is 2. The van der Waals surface area contributed by atoms with Crippen LogP contribution in [-0.4, -0.2) is 12.5 Å². The number of benzene rings is 1. The fraction of sp³-hybridized carbons (Fsp3) is 0.533. The number of fused-ring (bicyclic) bond motifs is 2. The predicted molar refractivity (Wildman–Crippen MR) is 71.2 cm³/mol. The van der Waals surface area contributed by atoms with Gasteiger partial charge in [-0.05, 0) is 61.3 Å². The second kappa shape index (κ2) is 3.50. The van der Waals surface area contributed by atoms with Crippen LogP contribution < -0.4 is 10.6 Å². The van der Waals surface area contributed by atoms with Crippen molar-refractivity contribution in [1.82, 2.24) is 0 Å². The van der Waals surface area contributed by atoms with Crippen LogP contribution in [-0.2, 0) is 11.2 Å². The van der Waals surface area contributed by atoms with Crippen LogP contribution in [0.1, 0.15) is 24.8 Å². The van der Waals surface area contributed by atoms with Gasteiger partial charge < -0.3 is 10.6 Å². The molecule has 2 atom stereocenters. The van der Waals surface area contributed by atoms with Crippen molar-refractivity contribution in [2.24, 2.45) is 17.8 Å². The van der Waals surface area contributed by atoms with Crippen molar-refractivity contribution in [2.75, 3.05) is 17.2 Å². The highest BCUT2D eigenvalue weighted by Crippen LogP contribution is 2.55. The van der Waals surface area contributed by atoms with Gasteiger partial charge in [-0.2, -0.15) is 0 Å². The van der Waals surface area contributed by atoms with Gasteiger partial charge in [0, 0.05) is 23.8 Å². The lowest BCUT2D eigenvalue weighted by atomic mass is 10.0. The van der Waals surface area contributed by atoms with Crippen LogP contribution in [0.5, 0.6) is 0 Å². The summed E-state index contributed by atoms with van der Waals surface area (Å²) < 4.78 is 0. The maximum atomic E-state index is 12.6. The number of carbonyl (C=O) groups excluding carboxylic acids is 1. The van der Waals surface area contributed by atoms with Gasteiger partial charge in [0.25, 0.3) is 0 Å². The molecule has 1 aliphatic heterocycles. The van der Waals surface area contributed by atoms with Crippen molar-refractivity contribution in [3.63, 3.8) is 0 Å². The number of hydrogen-bond donors (Lipinski definition) is 1. The zero-order valence-corrected chi connectivity index (χ0v) is 10.4. The van der Waals surface area contributed by atoms with Gasteiger partial charge in [0.05, 0.1) is 0 Å². The normalized spacial score (nSPS) is 32.2. The van der Waals surface area contributed by atoms with E-state index in [0.717, 1.165) is 49.0 Å². The second-order valence-corrected chi connectivity index (χ2v) is 6.05. The summed E-state index contributed by atoms with van der Waals surface area (Å²) in [6.07, 6.45) is 4.58. The summed E-state index contributed by atoms with van der Waals surface area (Å²) in [6.45, 7) is 0.837. The van der Waals surface area contributed by atoms with Gasteiger partial charge in [-0.3, -0.25) is 4.79 Å². The van der Waals surface area contributed by atoms with Gasteiger partial charge in [0.15, 0.2) is 0 Å². The fourth-order valence-electron chi connectivity index (χ4n) is 3.79. The van der Waals surface area contributed by atoms with E-state index in [2.05, 4.69) is 0 Å². The van der Waals surface area contributed by atoms with Crippen molar-refractivity contribution in [1.29, 1.82) is 0 Å². The summed E-state index contributed by atoms with van der Waals surface area (Å²) in [5.74, 6) is 2.38. The van der Waals surface area contributed by atoms with Crippen molar-refractivity contribution in [2.45, 2.75) is 25.7 Å².